The number of hydrogen-bond acceptors (Lipinski definition) is 5. The summed E-state index contributed by atoms with van der Waals surface area (Å²) in [5.41, 5.74) is 12.2. The summed E-state index contributed by atoms with van der Waals surface area (Å²) in [5, 5.41) is 1.77. The third-order valence-electron chi connectivity index (χ3n) is 4.01. The quantitative estimate of drug-likeness (QED) is 0.315. The van der Waals surface area contributed by atoms with Gasteiger partial charge in [-0.2, -0.15) is 13.2 Å². The van der Waals surface area contributed by atoms with Gasteiger partial charge in [0.15, 0.2) is 5.69 Å². The van der Waals surface area contributed by atoms with Crippen molar-refractivity contribution in [2.75, 3.05) is 10.7 Å². The summed E-state index contributed by atoms with van der Waals surface area (Å²) in [6, 6.07) is 9.53. The average Bonchev–Trinajstić information content (AvgIpc) is 3.13. The molecule has 0 spiro atoms. The number of nitrogens with two attached hydrogens (primary N) is 3. The zero-order chi connectivity index (χ0) is 21.3. The van der Waals surface area contributed by atoms with Crippen molar-refractivity contribution >= 4 is 40.3 Å². The van der Waals surface area contributed by atoms with Crippen molar-refractivity contribution in [3.05, 3.63) is 76.4 Å². The van der Waals surface area contributed by atoms with Crippen molar-refractivity contribution < 1.29 is 13.2 Å². The molecule has 0 fully saturated rings. The second-order valence-corrected chi connectivity index (χ2v) is 6.81. The molecule has 29 heavy (non-hydrogen) atoms. The van der Waals surface area contributed by atoms with Crippen LogP contribution in [-0.2, 0) is 6.18 Å². The Hall–Kier alpha value is -2.88. The molecule has 0 unspecified atom stereocenters. The number of halogens is 5. The molecule has 0 bridgehead atoms. The number of hydrogen-bond donors (Lipinski definition) is 3. The van der Waals surface area contributed by atoms with Crippen LogP contribution in [-0.4, -0.2) is 9.55 Å². The third kappa shape index (κ3) is 4.26. The minimum atomic E-state index is -4.61. The van der Waals surface area contributed by atoms with Gasteiger partial charge in [-0.3, -0.25) is 5.01 Å². The van der Waals surface area contributed by atoms with E-state index in [9.17, 15) is 13.2 Å². The van der Waals surface area contributed by atoms with Gasteiger partial charge < -0.3 is 16.0 Å². The van der Waals surface area contributed by atoms with Crippen LogP contribution in [0.2, 0.25) is 10.0 Å². The molecule has 0 amide bonds. The van der Waals surface area contributed by atoms with Crippen LogP contribution in [0.3, 0.4) is 0 Å². The van der Waals surface area contributed by atoms with E-state index >= 15 is 0 Å². The van der Waals surface area contributed by atoms with Crippen LogP contribution in [0.15, 0.2) is 55.1 Å². The molecule has 0 saturated carbocycles. The monoisotopic (exact) mass is 442 g/mol. The molecule has 0 aliphatic heterocycles. The minimum absolute atomic E-state index is 0.0778. The van der Waals surface area contributed by atoms with Crippen molar-refractivity contribution in [2.45, 2.75) is 6.18 Å². The summed E-state index contributed by atoms with van der Waals surface area (Å²) in [6.45, 7) is 0. The number of alkyl halides is 3. The maximum Gasteiger partial charge on any atom is 0.434 e. The zero-order valence-corrected chi connectivity index (χ0v) is 16.2. The van der Waals surface area contributed by atoms with Crippen LogP contribution >= 0.6 is 23.2 Å². The zero-order valence-electron chi connectivity index (χ0n) is 14.7. The van der Waals surface area contributed by atoms with Gasteiger partial charge in [-0.05, 0) is 24.3 Å². The van der Waals surface area contributed by atoms with Crippen LogP contribution in [0.4, 0.5) is 24.5 Å². The van der Waals surface area contributed by atoms with Crippen LogP contribution in [0, 0.1) is 0 Å². The predicted octanol–water partition coefficient (Wildman–Crippen LogP) is 4.42. The number of anilines is 2. The summed E-state index contributed by atoms with van der Waals surface area (Å²) >= 11 is 12.2. The lowest BCUT2D eigenvalue weighted by molar-refractivity contribution is -0.140. The Labute approximate surface area is 173 Å². The van der Waals surface area contributed by atoms with Crippen LogP contribution in [0.25, 0.3) is 11.4 Å². The summed E-state index contributed by atoms with van der Waals surface area (Å²) in [4.78, 5) is 3.40. The molecule has 0 aliphatic rings. The topological polar surface area (TPSA) is 99.1 Å². The second kappa shape index (κ2) is 7.86. The number of hydrazine groups is 1. The van der Waals surface area contributed by atoms with E-state index in [1.807, 2.05) is 0 Å². The van der Waals surface area contributed by atoms with Gasteiger partial charge in [0.2, 0.25) is 0 Å². The molecule has 1 heterocycles. The molecule has 0 atom stereocenters. The maximum atomic E-state index is 13.0. The normalized spacial score (nSPS) is 12.3. The van der Waals surface area contributed by atoms with Gasteiger partial charge in [0.05, 0.1) is 28.4 Å². The van der Waals surface area contributed by atoms with Crippen molar-refractivity contribution in [2.24, 2.45) is 11.6 Å². The number of imidazole rings is 1. The second-order valence-electron chi connectivity index (χ2n) is 5.96. The molecule has 6 nitrogen and oxygen atoms in total. The first-order valence-corrected chi connectivity index (χ1v) is 8.80. The fourth-order valence-corrected chi connectivity index (χ4v) is 3.15. The van der Waals surface area contributed by atoms with E-state index in [0.717, 1.165) is 17.1 Å². The molecule has 0 saturated heterocycles. The number of rotatable bonds is 4. The Morgan fingerprint density at radius 1 is 1.14 bits per heavy atom. The molecule has 3 rings (SSSR count). The van der Waals surface area contributed by atoms with E-state index in [0.29, 0.717) is 16.3 Å². The molecule has 11 heteroatoms. The van der Waals surface area contributed by atoms with Gasteiger partial charge in [0.1, 0.15) is 0 Å². The van der Waals surface area contributed by atoms with Gasteiger partial charge in [0.25, 0.3) is 0 Å². The van der Waals surface area contributed by atoms with E-state index < -0.39 is 11.9 Å². The Morgan fingerprint density at radius 3 is 2.34 bits per heavy atom. The van der Waals surface area contributed by atoms with Crippen molar-refractivity contribution in [1.82, 2.24) is 9.55 Å². The molecular weight excluding hydrogens is 428 g/mol. The third-order valence-corrected chi connectivity index (χ3v) is 4.55. The number of benzene rings is 2. The SMILES string of the molecule is N/C=C(/c1ccc(Cl)cc1)N(N)c1cc(N)cc(Cl)c1-n1cnc(C(F)(F)F)c1. The summed E-state index contributed by atoms with van der Waals surface area (Å²) in [7, 11) is 0. The Balaban J connectivity index is 2.14. The molecule has 152 valence electrons. The molecule has 1 aromatic heterocycles. The largest absolute Gasteiger partial charge is 0.434 e. The minimum Gasteiger partial charge on any atom is -0.403 e. The average molecular weight is 443 g/mol. The first-order valence-electron chi connectivity index (χ1n) is 8.05. The van der Waals surface area contributed by atoms with E-state index in [-0.39, 0.29) is 22.1 Å². The summed E-state index contributed by atoms with van der Waals surface area (Å²) < 4.78 is 40.1. The molecule has 6 N–H and O–H groups in total. The number of aromatic nitrogens is 2. The van der Waals surface area contributed by atoms with E-state index in [1.165, 1.54) is 23.3 Å². The van der Waals surface area contributed by atoms with E-state index in [1.54, 1.807) is 24.3 Å². The highest BCUT2D eigenvalue weighted by molar-refractivity contribution is 6.33. The van der Waals surface area contributed by atoms with Crippen molar-refractivity contribution in [3.63, 3.8) is 0 Å². The molecular formula is C18H15Cl2F3N6. The van der Waals surface area contributed by atoms with Gasteiger partial charge in [0, 0.05) is 28.7 Å². The van der Waals surface area contributed by atoms with E-state index in [2.05, 4.69) is 4.98 Å². The Kier molecular flexibility index (Phi) is 5.65. The van der Waals surface area contributed by atoms with Crippen LogP contribution in [0.1, 0.15) is 11.3 Å². The van der Waals surface area contributed by atoms with Crippen molar-refractivity contribution in [3.8, 4) is 5.69 Å². The van der Waals surface area contributed by atoms with Gasteiger partial charge in [-0.1, -0.05) is 35.3 Å². The fourth-order valence-electron chi connectivity index (χ4n) is 2.70. The lowest BCUT2D eigenvalue weighted by Gasteiger charge is -2.25. The molecule has 0 aliphatic carbocycles. The first kappa shape index (κ1) is 20.8. The highest BCUT2D eigenvalue weighted by Gasteiger charge is 2.34. The summed E-state index contributed by atoms with van der Waals surface area (Å²) in [6.07, 6.45) is -1.56. The van der Waals surface area contributed by atoms with E-state index in [4.69, 9.17) is 40.5 Å². The molecule has 3 aromatic rings. The van der Waals surface area contributed by atoms with Crippen molar-refractivity contribution in [1.29, 1.82) is 0 Å². The van der Waals surface area contributed by atoms with Gasteiger partial charge in [-0.25, -0.2) is 10.8 Å². The molecule has 0 radical (unpaired) electrons. The predicted molar refractivity (Wildman–Crippen MR) is 108 cm³/mol. The van der Waals surface area contributed by atoms with Crippen LogP contribution in [0.5, 0.6) is 0 Å². The highest BCUT2D eigenvalue weighted by Crippen LogP contribution is 2.37. The van der Waals surface area contributed by atoms with Crippen LogP contribution < -0.4 is 22.3 Å². The fraction of sp³-hybridized carbons (Fsp3) is 0.0556. The summed E-state index contributed by atoms with van der Waals surface area (Å²) in [5.74, 6) is 6.27. The van der Waals surface area contributed by atoms with Gasteiger partial charge >= 0.3 is 6.18 Å². The number of nitrogens with zero attached hydrogens (tertiary/aromatic N) is 3. The lowest BCUT2D eigenvalue weighted by atomic mass is 10.1. The lowest BCUT2D eigenvalue weighted by Crippen LogP contribution is -2.31. The smallest absolute Gasteiger partial charge is 0.403 e. The van der Waals surface area contributed by atoms with Gasteiger partial charge in [-0.15, -0.1) is 0 Å². The highest BCUT2D eigenvalue weighted by atomic mass is 35.5. The number of nitrogen functional groups attached to an aromatic ring is 1. The Morgan fingerprint density at radius 2 is 1.79 bits per heavy atom. The molecule has 2 aromatic carbocycles. The Bertz CT molecular complexity index is 1060. The first-order chi connectivity index (χ1) is 13.6. The standard InChI is InChI=1S/C18H15Cl2F3N6/c19-11-3-1-10(2-4-11)15(7-24)29(26)14-6-12(25)5-13(20)17(14)28-8-16(27-9-28)18(21,22)23/h1-9H,24-26H2/b15-7-. The maximum absolute atomic E-state index is 13.0.